The number of hydrogen-bond acceptors (Lipinski definition) is 5. The SMILES string of the molecule is C=CCOc1ccc(/C=C/C(=O)OCC(=O)NNC(=O)c2ccccc2F)cc1. The summed E-state index contributed by atoms with van der Waals surface area (Å²) in [5.41, 5.74) is 4.57. The monoisotopic (exact) mass is 398 g/mol. The van der Waals surface area contributed by atoms with Gasteiger partial charge in [-0.15, -0.1) is 0 Å². The lowest BCUT2D eigenvalue weighted by molar-refractivity contribution is -0.144. The molecule has 0 aliphatic rings. The van der Waals surface area contributed by atoms with E-state index in [1.807, 2.05) is 10.9 Å². The number of carbonyl (C=O) groups is 3. The van der Waals surface area contributed by atoms with Gasteiger partial charge in [-0.25, -0.2) is 9.18 Å². The highest BCUT2D eigenvalue weighted by atomic mass is 19.1. The van der Waals surface area contributed by atoms with E-state index in [1.54, 1.807) is 30.3 Å². The highest BCUT2D eigenvalue weighted by Gasteiger charge is 2.12. The highest BCUT2D eigenvalue weighted by molar-refractivity contribution is 5.96. The van der Waals surface area contributed by atoms with E-state index in [0.717, 1.165) is 17.7 Å². The first-order valence-electron chi connectivity index (χ1n) is 8.52. The van der Waals surface area contributed by atoms with E-state index in [1.165, 1.54) is 24.3 Å². The van der Waals surface area contributed by atoms with Crippen LogP contribution in [0.25, 0.3) is 6.08 Å². The molecule has 0 aromatic heterocycles. The predicted molar refractivity (Wildman–Crippen MR) is 104 cm³/mol. The Hall–Kier alpha value is -3.94. The number of nitrogens with one attached hydrogen (secondary N) is 2. The maximum atomic E-state index is 13.5. The van der Waals surface area contributed by atoms with Gasteiger partial charge in [0, 0.05) is 6.08 Å². The molecule has 0 saturated heterocycles. The van der Waals surface area contributed by atoms with Crippen LogP contribution in [-0.2, 0) is 14.3 Å². The molecule has 2 aromatic rings. The van der Waals surface area contributed by atoms with Crippen LogP contribution in [0.3, 0.4) is 0 Å². The van der Waals surface area contributed by atoms with Crippen molar-refractivity contribution in [2.45, 2.75) is 0 Å². The predicted octanol–water partition coefficient (Wildman–Crippen LogP) is 2.41. The Morgan fingerprint density at radius 1 is 1.03 bits per heavy atom. The van der Waals surface area contributed by atoms with Crippen LogP contribution >= 0.6 is 0 Å². The molecule has 0 bridgehead atoms. The summed E-state index contributed by atoms with van der Waals surface area (Å²) in [5, 5.41) is 0. The Bertz CT molecular complexity index is 910. The standard InChI is InChI=1S/C21H19FN2O5/c1-2-13-28-16-10-7-15(8-11-16)9-12-20(26)29-14-19(25)23-24-21(27)17-5-3-4-6-18(17)22/h2-12H,1,13-14H2,(H,23,25)(H,24,27)/b12-9+. The number of esters is 1. The second-order valence-electron chi connectivity index (χ2n) is 5.59. The zero-order chi connectivity index (χ0) is 21.1. The van der Waals surface area contributed by atoms with Crippen molar-refractivity contribution in [3.63, 3.8) is 0 Å². The average Bonchev–Trinajstić information content (AvgIpc) is 2.74. The van der Waals surface area contributed by atoms with E-state index < -0.39 is 30.2 Å². The van der Waals surface area contributed by atoms with Crippen LogP contribution in [0.15, 0.2) is 67.3 Å². The minimum Gasteiger partial charge on any atom is -0.490 e. The molecule has 0 unspecified atom stereocenters. The quantitative estimate of drug-likeness (QED) is 0.308. The van der Waals surface area contributed by atoms with Crippen molar-refractivity contribution >= 4 is 23.9 Å². The van der Waals surface area contributed by atoms with Crippen molar-refractivity contribution < 1.29 is 28.2 Å². The molecular formula is C21H19FN2O5. The minimum absolute atomic E-state index is 0.228. The van der Waals surface area contributed by atoms with Crippen LogP contribution < -0.4 is 15.6 Å². The van der Waals surface area contributed by atoms with Gasteiger partial charge < -0.3 is 9.47 Å². The van der Waals surface area contributed by atoms with E-state index in [2.05, 4.69) is 6.58 Å². The fraction of sp³-hybridized carbons (Fsp3) is 0.0952. The van der Waals surface area contributed by atoms with Gasteiger partial charge >= 0.3 is 5.97 Å². The van der Waals surface area contributed by atoms with Gasteiger partial charge in [-0.05, 0) is 35.9 Å². The maximum Gasteiger partial charge on any atom is 0.331 e. The third-order valence-electron chi connectivity index (χ3n) is 3.44. The van der Waals surface area contributed by atoms with Gasteiger partial charge in [0.2, 0.25) is 0 Å². The molecule has 2 aromatic carbocycles. The molecule has 0 atom stereocenters. The van der Waals surface area contributed by atoms with Crippen LogP contribution in [0.4, 0.5) is 4.39 Å². The molecule has 0 saturated carbocycles. The molecule has 0 spiro atoms. The van der Waals surface area contributed by atoms with Crippen LogP contribution in [0.1, 0.15) is 15.9 Å². The molecule has 0 fully saturated rings. The molecule has 0 radical (unpaired) electrons. The van der Waals surface area contributed by atoms with E-state index >= 15 is 0 Å². The van der Waals surface area contributed by atoms with Crippen LogP contribution in [0.5, 0.6) is 5.75 Å². The van der Waals surface area contributed by atoms with Crippen LogP contribution in [0, 0.1) is 5.82 Å². The Morgan fingerprint density at radius 2 is 1.76 bits per heavy atom. The molecule has 29 heavy (non-hydrogen) atoms. The Labute approximate surface area is 166 Å². The van der Waals surface area contributed by atoms with E-state index in [4.69, 9.17) is 9.47 Å². The van der Waals surface area contributed by atoms with Crippen molar-refractivity contribution in [1.29, 1.82) is 0 Å². The van der Waals surface area contributed by atoms with E-state index in [9.17, 15) is 18.8 Å². The summed E-state index contributed by atoms with van der Waals surface area (Å²) in [6, 6.07) is 12.3. The number of hydrazine groups is 1. The Morgan fingerprint density at radius 3 is 2.45 bits per heavy atom. The largest absolute Gasteiger partial charge is 0.490 e. The number of amides is 2. The lowest BCUT2D eigenvalue weighted by Crippen LogP contribution is -2.43. The Kier molecular flexibility index (Phi) is 8.12. The van der Waals surface area contributed by atoms with Gasteiger partial charge in [0.25, 0.3) is 11.8 Å². The normalized spacial score (nSPS) is 10.2. The Balaban J connectivity index is 1.73. The smallest absolute Gasteiger partial charge is 0.331 e. The summed E-state index contributed by atoms with van der Waals surface area (Å²) in [7, 11) is 0. The molecule has 150 valence electrons. The van der Waals surface area contributed by atoms with E-state index in [-0.39, 0.29) is 5.56 Å². The van der Waals surface area contributed by atoms with Crippen LogP contribution in [-0.4, -0.2) is 31.0 Å². The van der Waals surface area contributed by atoms with Gasteiger partial charge in [0.05, 0.1) is 5.56 Å². The fourth-order valence-electron chi connectivity index (χ4n) is 2.05. The second-order valence-corrected chi connectivity index (χ2v) is 5.59. The third kappa shape index (κ3) is 7.30. The van der Waals surface area contributed by atoms with E-state index in [0.29, 0.717) is 12.4 Å². The first kappa shape index (κ1) is 21.4. The lowest BCUT2D eigenvalue weighted by Gasteiger charge is -2.08. The highest BCUT2D eigenvalue weighted by Crippen LogP contribution is 2.13. The number of halogens is 1. The molecule has 0 aliphatic carbocycles. The van der Waals surface area contributed by atoms with Crippen molar-refractivity contribution in [2.24, 2.45) is 0 Å². The molecule has 2 N–H and O–H groups in total. The van der Waals surface area contributed by atoms with Gasteiger partial charge in [0.15, 0.2) is 6.61 Å². The van der Waals surface area contributed by atoms with Gasteiger partial charge in [-0.3, -0.25) is 20.4 Å². The summed E-state index contributed by atoms with van der Waals surface area (Å²) >= 11 is 0. The number of rotatable bonds is 8. The first-order chi connectivity index (χ1) is 14.0. The summed E-state index contributed by atoms with van der Waals surface area (Å²) in [5.74, 6) is -2.41. The molecule has 2 amide bonds. The van der Waals surface area contributed by atoms with Crippen molar-refractivity contribution in [3.8, 4) is 5.75 Å². The van der Waals surface area contributed by atoms with Gasteiger partial charge in [-0.1, -0.05) is 36.9 Å². The number of carbonyl (C=O) groups excluding carboxylic acids is 3. The summed E-state index contributed by atoms with van der Waals surface area (Å²) < 4.78 is 23.6. The topological polar surface area (TPSA) is 93.7 Å². The summed E-state index contributed by atoms with van der Waals surface area (Å²) in [6.07, 6.45) is 4.30. The second kappa shape index (κ2) is 11.0. The van der Waals surface area contributed by atoms with Gasteiger partial charge in [0.1, 0.15) is 18.2 Å². The fourth-order valence-corrected chi connectivity index (χ4v) is 2.05. The lowest BCUT2D eigenvalue weighted by atomic mass is 10.2. The zero-order valence-corrected chi connectivity index (χ0v) is 15.4. The summed E-state index contributed by atoms with van der Waals surface area (Å²) in [4.78, 5) is 35.0. The maximum absolute atomic E-state index is 13.5. The number of hydrogen-bond donors (Lipinski definition) is 2. The zero-order valence-electron chi connectivity index (χ0n) is 15.4. The average molecular weight is 398 g/mol. The molecule has 2 rings (SSSR count). The molecule has 0 heterocycles. The summed E-state index contributed by atoms with van der Waals surface area (Å²) in [6.45, 7) is 3.33. The van der Waals surface area contributed by atoms with Gasteiger partial charge in [-0.2, -0.15) is 0 Å². The van der Waals surface area contributed by atoms with Crippen molar-refractivity contribution in [2.75, 3.05) is 13.2 Å². The number of ether oxygens (including phenoxy) is 2. The minimum atomic E-state index is -0.830. The van der Waals surface area contributed by atoms with Crippen molar-refractivity contribution in [1.82, 2.24) is 10.9 Å². The molecular weight excluding hydrogens is 379 g/mol. The molecule has 0 aliphatic heterocycles. The van der Waals surface area contributed by atoms with Crippen molar-refractivity contribution in [3.05, 3.63) is 84.2 Å². The van der Waals surface area contributed by atoms with Crippen LogP contribution in [0.2, 0.25) is 0 Å². The number of benzene rings is 2. The first-order valence-corrected chi connectivity index (χ1v) is 8.52. The molecule has 7 nitrogen and oxygen atoms in total. The third-order valence-corrected chi connectivity index (χ3v) is 3.44. The molecule has 8 heteroatoms.